The summed E-state index contributed by atoms with van der Waals surface area (Å²) in [5.74, 6) is 0.919. The number of benzene rings is 1. The molecule has 94 valence electrons. The van der Waals surface area contributed by atoms with Gasteiger partial charge < -0.3 is 9.64 Å². The summed E-state index contributed by atoms with van der Waals surface area (Å²) < 4.78 is 5.84. The van der Waals surface area contributed by atoms with Gasteiger partial charge in [-0.25, -0.2) is 0 Å². The zero-order valence-electron chi connectivity index (χ0n) is 10.4. The Labute approximate surface area is 107 Å². The van der Waals surface area contributed by atoms with Crippen LogP contribution in [0, 0.1) is 11.3 Å². The maximum absolute atomic E-state index is 11.2. The predicted molar refractivity (Wildman–Crippen MR) is 67.1 cm³/mol. The van der Waals surface area contributed by atoms with Crippen molar-refractivity contribution in [2.45, 2.75) is 25.9 Å². The minimum Gasteiger partial charge on any atom is -0.490 e. The van der Waals surface area contributed by atoms with E-state index in [2.05, 4.69) is 6.07 Å². The summed E-state index contributed by atoms with van der Waals surface area (Å²) in [6, 6.07) is 9.21. The number of rotatable bonds is 2. The van der Waals surface area contributed by atoms with E-state index in [0.29, 0.717) is 5.56 Å². The van der Waals surface area contributed by atoms with Gasteiger partial charge in [-0.05, 0) is 24.3 Å². The number of nitrogens with zero attached hydrogens (tertiary/aromatic N) is 2. The van der Waals surface area contributed by atoms with E-state index in [1.165, 1.54) is 0 Å². The number of amides is 1. The van der Waals surface area contributed by atoms with E-state index < -0.39 is 0 Å². The number of carbonyl (C=O) groups is 1. The lowest BCUT2D eigenvalue weighted by molar-refractivity contribution is -0.130. The molecule has 0 aromatic heterocycles. The molecule has 0 saturated carbocycles. The van der Waals surface area contributed by atoms with Crippen LogP contribution in [-0.2, 0) is 4.79 Å². The van der Waals surface area contributed by atoms with Gasteiger partial charge in [0.1, 0.15) is 11.9 Å². The first-order valence-corrected chi connectivity index (χ1v) is 6.11. The molecule has 1 heterocycles. The molecule has 0 spiro atoms. The molecule has 1 amide bonds. The van der Waals surface area contributed by atoms with Gasteiger partial charge in [-0.2, -0.15) is 5.26 Å². The average molecular weight is 244 g/mol. The van der Waals surface area contributed by atoms with Gasteiger partial charge in [0.2, 0.25) is 5.91 Å². The fraction of sp³-hybridized carbons (Fsp3) is 0.429. The molecule has 18 heavy (non-hydrogen) atoms. The van der Waals surface area contributed by atoms with Gasteiger partial charge in [0, 0.05) is 32.9 Å². The minimum absolute atomic E-state index is 0.131. The Kier molecular flexibility index (Phi) is 3.83. The first-order valence-electron chi connectivity index (χ1n) is 6.11. The van der Waals surface area contributed by atoms with Gasteiger partial charge in [-0.15, -0.1) is 0 Å². The van der Waals surface area contributed by atoms with Crippen LogP contribution in [0.2, 0.25) is 0 Å². The van der Waals surface area contributed by atoms with Crippen molar-refractivity contribution >= 4 is 5.91 Å². The molecule has 1 aromatic carbocycles. The molecule has 4 nitrogen and oxygen atoms in total. The molecule has 1 fully saturated rings. The molecule has 4 heteroatoms. The molecule has 0 N–H and O–H groups in total. The Morgan fingerprint density at radius 1 is 1.33 bits per heavy atom. The Morgan fingerprint density at radius 2 is 1.94 bits per heavy atom. The quantitative estimate of drug-likeness (QED) is 0.799. The van der Waals surface area contributed by atoms with Gasteiger partial charge in [0.05, 0.1) is 11.6 Å². The van der Waals surface area contributed by atoms with Crippen molar-refractivity contribution in [1.29, 1.82) is 5.26 Å². The summed E-state index contributed by atoms with van der Waals surface area (Å²) >= 11 is 0. The minimum atomic E-state index is 0.131. The normalized spacial score (nSPS) is 16.1. The summed E-state index contributed by atoms with van der Waals surface area (Å²) in [5, 5.41) is 8.70. The lowest BCUT2D eigenvalue weighted by atomic mass is 10.1. The highest BCUT2D eigenvalue weighted by Crippen LogP contribution is 2.19. The number of likely N-dealkylation sites (tertiary alicyclic amines) is 1. The van der Waals surface area contributed by atoms with Gasteiger partial charge in [-0.1, -0.05) is 0 Å². The molecule has 0 atom stereocenters. The largest absolute Gasteiger partial charge is 0.490 e. The molecule has 1 aromatic rings. The van der Waals surface area contributed by atoms with Crippen molar-refractivity contribution in [3.05, 3.63) is 29.8 Å². The van der Waals surface area contributed by atoms with E-state index in [9.17, 15) is 4.79 Å². The standard InChI is InChI=1S/C14H16N2O2/c1-11(17)16-8-6-14(7-9-16)18-13-4-2-12(10-15)3-5-13/h2-5,14H,6-9H2,1H3. The number of piperidine rings is 1. The van der Waals surface area contributed by atoms with Crippen LogP contribution < -0.4 is 4.74 Å². The van der Waals surface area contributed by atoms with Gasteiger partial charge >= 0.3 is 0 Å². The van der Waals surface area contributed by atoms with Crippen molar-refractivity contribution < 1.29 is 9.53 Å². The number of hydrogen-bond acceptors (Lipinski definition) is 3. The van der Waals surface area contributed by atoms with Crippen LogP contribution in [0.3, 0.4) is 0 Å². The van der Waals surface area contributed by atoms with Crippen LogP contribution in [0.1, 0.15) is 25.3 Å². The molecule has 2 rings (SSSR count). The maximum Gasteiger partial charge on any atom is 0.219 e. The molecular weight excluding hydrogens is 228 g/mol. The van der Waals surface area contributed by atoms with Crippen LogP contribution in [0.25, 0.3) is 0 Å². The van der Waals surface area contributed by atoms with E-state index in [1.54, 1.807) is 19.1 Å². The fourth-order valence-electron chi connectivity index (χ4n) is 2.09. The Morgan fingerprint density at radius 3 is 2.44 bits per heavy atom. The number of hydrogen-bond donors (Lipinski definition) is 0. The molecule has 0 aliphatic carbocycles. The van der Waals surface area contributed by atoms with Crippen LogP contribution in [0.5, 0.6) is 5.75 Å². The molecular formula is C14H16N2O2. The number of ether oxygens (including phenoxy) is 1. The smallest absolute Gasteiger partial charge is 0.219 e. The second-order valence-electron chi connectivity index (χ2n) is 4.46. The lowest BCUT2D eigenvalue weighted by Gasteiger charge is -2.31. The Balaban J connectivity index is 1.87. The van der Waals surface area contributed by atoms with Gasteiger partial charge in [-0.3, -0.25) is 4.79 Å². The first-order chi connectivity index (χ1) is 8.69. The van der Waals surface area contributed by atoms with Crippen LogP contribution in [0.4, 0.5) is 0 Å². The SMILES string of the molecule is CC(=O)N1CCC(Oc2ccc(C#N)cc2)CC1. The Bertz CT molecular complexity index is 454. The van der Waals surface area contributed by atoms with E-state index in [0.717, 1.165) is 31.7 Å². The highest BCUT2D eigenvalue weighted by molar-refractivity contribution is 5.73. The third-order valence-electron chi connectivity index (χ3n) is 3.17. The van der Waals surface area contributed by atoms with E-state index in [-0.39, 0.29) is 12.0 Å². The molecule has 0 unspecified atom stereocenters. The van der Waals surface area contributed by atoms with Crippen LogP contribution in [0.15, 0.2) is 24.3 Å². The predicted octanol–water partition coefficient (Wildman–Crippen LogP) is 1.95. The maximum atomic E-state index is 11.2. The van der Waals surface area contributed by atoms with Crippen molar-refractivity contribution in [2.24, 2.45) is 0 Å². The van der Waals surface area contributed by atoms with Gasteiger partial charge in [0.25, 0.3) is 0 Å². The second kappa shape index (κ2) is 5.54. The topological polar surface area (TPSA) is 53.3 Å². The summed E-state index contributed by atoms with van der Waals surface area (Å²) in [5.41, 5.74) is 0.633. The average Bonchev–Trinajstić information content (AvgIpc) is 2.40. The molecule has 1 saturated heterocycles. The summed E-state index contributed by atoms with van der Waals surface area (Å²) in [6.07, 6.45) is 1.88. The zero-order chi connectivity index (χ0) is 13.0. The second-order valence-corrected chi connectivity index (χ2v) is 4.46. The molecule has 0 radical (unpaired) electrons. The fourth-order valence-corrected chi connectivity index (χ4v) is 2.09. The number of nitriles is 1. The Hall–Kier alpha value is -2.02. The van der Waals surface area contributed by atoms with Crippen LogP contribution >= 0.6 is 0 Å². The molecule has 1 aliphatic heterocycles. The summed E-state index contributed by atoms with van der Waals surface area (Å²) in [4.78, 5) is 13.0. The zero-order valence-corrected chi connectivity index (χ0v) is 10.4. The number of carbonyl (C=O) groups excluding carboxylic acids is 1. The van der Waals surface area contributed by atoms with Crippen molar-refractivity contribution in [3.63, 3.8) is 0 Å². The summed E-state index contributed by atoms with van der Waals surface area (Å²) in [6.45, 7) is 3.12. The van der Waals surface area contributed by atoms with Crippen molar-refractivity contribution in [3.8, 4) is 11.8 Å². The third-order valence-corrected chi connectivity index (χ3v) is 3.17. The van der Waals surface area contributed by atoms with E-state index >= 15 is 0 Å². The van der Waals surface area contributed by atoms with E-state index in [4.69, 9.17) is 10.00 Å². The lowest BCUT2D eigenvalue weighted by Crippen LogP contribution is -2.40. The third kappa shape index (κ3) is 3.01. The molecule has 1 aliphatic rings. The molecule has 0 bridgehead atoms. The van der Waals surface area contributed by atoms with E-state index in [1.807, 2.05) is 17.0 Å². The van der Waals surface area contributed by atoms with Crippen molar-refractivity contribution in [1.82, 2.24) is 4.90 Å². The highest BCUT2D eigenvalue weighted by atomic mass is 16.5. The van der Waals surface area contributed by atoms with Gasteiger partial charge in [0.15, 0.2) is 0 Å². The highest BCUT2D eigenvalue weighted by Gasteiger charge is 2.21. The summed E-state index contributed by atoms with van der Waals surface area (Å²) in [7, 11) is 0. The first kappa shape index (κ1) is 12.4. The monoisotopic (exact) mass is 244 g/mol. The van der Waals surface area contributed by atoms with Crippen molar-refractivity contribution in [2.75, 3.05) is 13.1 Å². The van der Waals surface area contributed by atoms with Crippen LogP contribution in [-0.4, -0.2) is 30.0 Å².